The van der Waals surface area contributed by atoms with Crippen LogP contribution in [0.4, 0.5) is 0 Å². The molecule has 2 aromatic heterocycles. The lowest BCUT2D eigenvalue weighted by atomic mass is 10.2. The van der Waals surface area contributed by atoms with Crippen molar-refractivity contribution in [3.05, 3.63) is 22.4 Å². The van der Waals surface area contributed by atoms with Gasteiger partial charge in [-0.25, -0.2) is 4.98 Å². The predicted molar refractivity (Wildman–Crippen MR) is 51.6 cm³/mol. The summed E-state index contributed by atoms with van der Waals surface area (Å²) in [5.74, 6) is -0.0394. The molecule has 0 unspecified atom stereocenters. The molecule has 0 saturated heterocycles. The Labute approximate surface area is 82.5 Å². The highest BCUT2D eigenvalue weighted by Gasteiger charge is 2.09. The summed E-state index contributed by atoms with van der Waals surface area (Å²) in [6, 6.07) is 1.82. The molecule has 13 heavy (non-hydrogen) atoms. The lowest BCUT2D eigenvalue weighted by Crippen LogP contribution is -1.92. The Morgan fingerprint density at radius 3 is 3.08 bits per heavy atom. The third-order valence-corrected chi connectivity index (χ3v) is 2.16. The first-order valence-corrected chi connectivity index (χ1v) is 4.48. The summed E-state index contributed by atoms with van der Waals surface area (Å²) in [5, 5.41) is 7.31. The smallest absolute Gasteiger partial charge is 0.181 e. The first kappa shape index (κ1) is 8.37. The molecule has 4 nitrogen and oxygen atoms in total. The molecule has 0 aliphatic rings. The van der Waals surface area contributed by atoms with Crippen molar-refractivity contribution in [1.29, 1.82) is 0 Å². The maximum Gasteiger partial charge on any atom is 0.181 e. The summed E-state index contributed by atoms with van der Waals surface area (Å²) < 4.78 is 0.837. The maximum absolute atomic E-state index is 11.1. The van der Waals surface area contributed by atoms with Crippen LogP contribution in [0.3, 0.4) is 0 Å². The van der Waals surface area contributed by atoms with Gasteiger partial charge in [0.25, 0.3) is 0 Å². The fourth-order valence-corrected chi connectivity index (χ4v) is 1.47. The third-order valence-electron chi connectivity index (χ3n) is 1.73. The highest BCUT2D eigenvalue weighted by atomic mass is 79.9. The number of nitrogens with zero attached hydrogens (tertiary/aromatic N) is 2. The largest absolute Gasteiger partial charge is 0.293 e. The van der Waals surface area contributed by atoms with Crippen LogP contribution < -0.4 is 0 Å². The molecule has 0 aromatic carbocycles. The van der Waals surface area contributed by atoms with Crippen molar-refractivity contribution < 1.29 is 4.79 Å². The molecule has 0 radical (unpaired) electrons. The Morgan fingerprint density at radius 2 is 2.38 bits per heavy atom. The number of ketones is 1. The van der Waals surface area contributed by atoms with Gasteiger partial charge in [-0.05, 0) is 22.0 Å². The molecule has 2 heterocycles. The van der Waals surface area contributed by atoms with E-state index in [0.29, 0.717) is 11.3 Å². The molecule has 0 aliphatic carbocycles. The number of carbonyl (C=O) groups is 1. The molecule has 0 spiro atoms. The predicted octanol–water partition coefficient (Wildman–Crippen LogP) is 1.92. The van der Waals surface area contributed by atoms with Crippen LogP contribution in [-0.4, -0.2) is 21.0 Å². The van der Waals surface area contributed by atoms with Crippen LogP contribution in [0.15, 0.2) is 16.7 Å². The molecule has 0 amide bonds. The van der Waals surface area contributed by atoms with Crippen molar-refractivity contribution in [2.75, 3.05) is 0 Å². The van der Waals surface area contributed by atoms with E-state index in [1.807, 2.05) is 6.07 Å². The zero-order valence-electron chi connectivity index (χ0n) is 6.84. The number of Topliss-reactive ketones (excluding diaryl/α,β-unsaturated/α-hetero) is 1. The molecular weight excluding hydrogens is 234 g/mol. The van der Waals surface area contributed by atoms with Crippen molar-refractivity contribution in [2.24, 2.45) is 0 Å². The number of nitrogens with one attached hydrogen (secondary N) is 1. The second-order valence-electron chi connectivity index (χ2n) is 2.68. The van der Waals surface area contributed by atoms with Crippen LogP contribution in [0, 0.1) is 0 Å². The Morgan fingerprint density at radius 1 is 1.62 bits per heavy atom. The first-order valence-electron chi connectivity index (χ1n) is 3.69. The van der Waals surface area contributed by atoms with Gasteiger partial charge in [-0.1, -0.05) is 0 Å². The lowest BCUT2D eigenvalue weighted by Gasteiger charge is -1.91. The molecule has 0 bridgehead atoms. The van der Waals surface area contributed by atoms with Crippen LogP contribution >= 0.6 is 15.9 Å². The summed E-state index contributed by atoms with van der Waals surface area (Å²) in [6.07, 6.45) is 1.65. The number of carbonyl (C=O) groups excluding carboxylic acids is 1. The number of hydrogen-bond acceptors (Lipinski definition) is 3. The van der Waals surface area contributed by atoms with Crippen molar-refractivity contribution in [3.8, 4) is 0 Å². The summed E-state index contributed by atoms with van der Waals surface area (Å²) in [5.41, 5.74) is 1.07. The SMILES string of the molecule is CC(=O)c1[nH]nc2ncc(Br)cc12. The highest BCUT2D eigenvalue weighted by Crippen LogP contribution is 2.18. The van der Waals surface area contributed by atoms with Gasteiger partial charge in [0.15, 0.2) is 11.4 Å². The van der Waals surface area contributed by atoms with Crippen LogP contribution in [0.1, 0.15) is 17.4 Å². The van der Waals surface area contributed by atoms with Crippen molar-refractivity contribution in [2.45, 2.75) is 6.92 Å². The minimum Gasteiger partial charge on any atom is -0.293 e. The van der Waals surface area contributed by atoms with E-state index in [4.69, 9.17) is 0 Å². The van der Waals surface area contributed by atoms with Gasteiger partial charge in [0.1, 0.15) is 5.69 Å². The van der Waals surface area contributed by atoms with E-state index in [2.05, 4.69) is 31.1 Å². The van der Waals surface area contributed by atoms with Gasteiger partial charge in [-0.2, -0.15) is 5.10 Å². The zero-order chi connectivity index (χ0) is 9.42. The number of H-pyrrole nitrogens is 1. The molecule has 2 rings (SSSR count). The van der Waals surface area contributed by atoms with Crippen LogP contribution in [-0.2, 0) is 0 Å². The van der Waals surface area contributed by atoms with Gasteiger partial charge in [0.05, 0.1) is 5.39 Å². The second-order valence-corrected chi connectivity index (χ2v) is 3.60. The number of aromatic amines is 1. The van der Waals surface area contributed by atoms with Crippen LogP contribution in [0.25, 0.3) is 11.0 Å². The number of aromatic nitrogens is 3. The minimum atomic E-state index is -0.0394. The summed E-state index contributed by atoms with van der Waals surface area (Å²) in [4.78, 5) is 15.2. The third kappa shape index (κ3) is 1.35. The molecule has 66 valence electrons. The number of fused-ring (bicyclic) bond motifs is 1. The Balaban J connectivity index is 2.79. The topological polar surface area (TPSA) is 58.6 Å². The number of pyridine rings is 1. The molecule has 0 aliphatic heterocycles. The number of hydrogen-bond donors (Lipinski definition) is 1. The van der Waals surface area contributed by atoms with Gasteiger partial charge in [0.2, 0.25) is 0 Å². The number of rotatable bonds is 1. The average Bonchev–Trinajstić information content (AvgIpc) is 2.46. The Bertz CT molecular complexity index is 477. The molecule has 5 heteroatoms. The summed E-state index contributed by atoms with van der Waals surface area (Å²) in [6.45, 7) is 1.49. The van der Waals surface area contributed by atoms with E-state index in [0.717, 1.165) is 9.86 Å². The lowest BCUT2D eigenvalue weighted by molar-refractivity contribution is 0.101. The fraction of sp³-hybridized carbons (Fsp3) is 0.125. The molecular formula is C8H6BrN3O. The van der Waals surface area contributed by atoms with E-state index in [-0.39, 0.29) is 5.78 Å². The normalized spacial score (nSPS) is 10.6. The van der Waals surface area contributed by atoms with Crippen molar-refractivity contribution in [3.63, 3.8) is 0 Å². The van der Waals surface area contributed by atoms with Gasteiger partial charge >= 0.3 is 0 Å². The molecule has 0 fully saturated rings. The van der Waals surface area contributed by atoms with Crippen molar-refractivity contribution in [1.82, 2.24) is 15.2 Å². The van der Waals surface area contributed by atoms with E-state index in [1.165, 1.54) is 6.92 Å². The average molecular weight is 240 g/mol. The molecule has 0 saturated carbocycles. The van der Waals surface area contributed by atoms with Gasteiger partial charge in [-0.15, -0.1) is 0 Å². The van der Waals surface area contributed by atoms with Crippen LogP contribution in [0.5, 0.6) is 0 Å². The standard InChI is InChI=1S/C8H6BrN3O/c1-4(13)7-6-2-5(9)3-10-8(6)12-11-7/h2-3H,1H3,(H,10,11,12). The van der Waals surface area contributed by atoms with E-state index >= 15 is 0 Å². The van der Waals surface area contributed by atoms with Crippen LogP contribution in [0.2, 0.25) is 0 Å². The first-order chi connectivity index (χ1) is 6.18. The zero-order valence-corrected chi connectivity index (χ0v) is 8.42. The minimum absolute atomic E-state index is 0.0394. The van der Waals surface area contributed by atoms with Gasteiger partial charge in [-0.3, -0.25) is 9.89 Å². The maximum atomic E-state index is 11.1. The van der Waals surface area contributed by atoms with Crippen molar-refractivity contribution >= 4 is 32.7 Å². The molecule has 0 atom stereocenters. The van der Waals surface area contributed by atoms with E-state index in [9.17, 15) is 4.79 Å². The fourth-order valence-electron chi connectivity index (χ4n) is 1.14. The molecule has 2 aromatic rings. The molecule has 1 N–H and O–H groups in total. The second kappa shape index (κ2) is 2.92. The summed E-state index contributed by atoms with van der Waals surface area (Å²) >= 11 is 3.28. The highest BCUT2D eigenvalue weighted by molar-refractivity contribution is 9.10. The summed E-state index contributed by atoms with van der Waals surface area (Å²) in [7, 11) is 0. The van der Waals surface area contributed by atoms with Gasteiger partial charge in [0, 0.05) is 17.6 Å². The Kier molecular flexibility index (Phi) is 1.88. The van der Waals surface area contributed by atoms with E-state index in [1.54, 1.807) is 6.20 Å². The quantitative estimate of drug-likeness (QED) is 0.774. The monoisotopic (exact) mass is 239 g/mol. The number of halogens is 1. The Hall–Kier alpha value is -1.23. The van der Waals surface area contributed by atoms with E-state index < -0.39 is 0 Å². The van der Waals surface area contributed by atoms with Gasteiger partial charge < -0.3 is 0 Å².